The highest BCUT2D eigenvalue weighted by molar-refractivity contribution is 6.06. The Morgan fingerprint density at radius 2 is 1.53 bits per heavy atom. The summed E-state index contributed by atoms with van der Waals surface area (Å²) >= 11 is 0. The van der Waals surface area contributed by atoms with Crippen LogP contribution in [0.15, 0.2) is 72.8 Å². The van der Waals surface area contributed by atoms with E-state index in [0.717, 1.165) is 40.2 Å². The standard InChI is InChI=1S/C25H25N3O2/c1-27(2)17-24(29)28-22-11-7-6-8-18(22)12-13-19-14-15-21(16-23(19)28)26-25(30)20-9-4-3-5-10-20/h3-11,14-16H,12-13,17H2,1-2H3,(H,26,30)/p+1. The van der Waals surface area contributed by atoms with Gasteiger partial charge < -0.3 is 10.2 Å². The van der Waals surface area contributed by atoms with Crippen LogP contribution in [0.5, 0.6) is 0 Å². The molecule has 0 fully saturated rings. The zero-order valence-electron chi connectivity index (χ0n) is 17.3. The average Bonchev–Trinajstić information content (AvgIpc) is 2.90. The molecule has 1 aliphatic rings. The van der Waals surface area contributed by atoms with Gasteiger partial charge in [0.15, 0.2) is 6.54 Å². The number of amides is 2. The summed E-state index contributed by atoms with van der Waals surface area (Å²) in [5.41, 5.74) is 5.31. The Bertz CT molecular complexity index is 1080. The maximum atomic E-state index is 13.3. The molecular formula is C25H26N3O2+. The second kappa shape index (κ2) is 8.51. The molecule has 30 heavy (non-hydrogen) atoms. The van der Waals surface area contributed by atoms with Gasteiger partial charge in [0.1, 0.15) is 0 Å². The summed E-state index contributed by atoms with van der Waals surface area (Å²) < 4.78 is 0. The highest BCUT2D eigenvalue weighted by Crippen LogP contribution is 2.37. The fraction of sp³-hybridized carbons (Fsp3) is 0.200. The second-order valence-electron chi connectivity index (χ2n) is 7.91. The van der Waals surface area contributed by atoms with Crippen molar-refractivity contribution in [2.75, 3.05) is 30.9 Å². The number of fused-ring (bicyclic) bond motifs is 2. The number of nitrogens with zero attached hydrogens (tertiary/aromatic N) is 1. The third-order valence-corrected chi connectivity index (χ3v) is 5.27. The van der Waals surface area contributed by atoms with Crippen molar-refractivity contribution in [2.24, 2.45) is 0 Å². The molecule has 152 valence electrons. The molecule has 5 heteroatoms. The minimum atomic E-state index is -0.166. The van der Waals surface area contributed by atoms with Crippen LogP contribution >= 0.6 is 0 Å². The van der Waals surface area contributed by atoms with Crippen molar-refractivity contribution >= 4 is 28.9 Å². The first-order valence-electron chi connectivity index (χ1n) is 10.2. The smallest absolute Gasteiger partial charge is 0.286 e. The van der Waals surface area contributed by atoms with Crippen LogP contribution in [-0.4, -0.2) is 32.5 Å². The quantitative estimate of drug-likeness (QED) is 0.708. The predicted molar refractivity (Wildman–Crippen MR) is 120 cm³/mol. The SMILES string of the molecule is C[NH+](C)CC(=O)N1c2ccccc2CCc2ccc(NC(=O)c3ccccc3)cc21. The van der Waals surface area contributed by atoms with E-state index in [0.29, 0.717) is 17.8 Å². The van der Waals surface area contributed by atoms with Crippen LogP contribution in [0, 0.1) is 0 Å². The Labute approximate surface area is 176 Å². The number of likely N-dealkylation sites (N-methyl/N-ethyl adjacent to an activating group) is 1. The van der Waals surface area contributed by atoms with Crippen LogP contribution in [0.2, 0.25) is 0 Å². The second-order valence-corrected chi connectivity index (χ2v) is 7.91. The molecule has 0 spiro atoms. The number of rotatable bonds is 4. The topological polar surface area (TPSA) is 53.9 Å². The number of carbonyl (C=O) groups excluding carboxylic acids is 2. The molecule has 2 N–H and O–H groups in total. The minimum absolute atomic E-state index is 0.0390. The highest BCUT2D eigenvalue weighted by atomic mass is 16.2. The van der Waals surface area contributed by atoms with Crippen LogP contribution in [0.1, 0.15) is 21.5 Å². The van der Waals surface area contributed by atoms with Gasteiger partial charge in [0, 0.05) is 11.3 Å². The predicted octanol–water partition coefficient (Wildman–Crippen LogP) is 2.85. The van der Waals surface area contributed by atoms with E-state index in [4.69, 9.17) is 0 Å². The number of anilines is 3. The number of hydrogen-bond donors (Lipinski definition) is 2. The lowest BCUT2D eigenvalue weighted by Crippen LogP contribution is -3.07. The van der Waals surface area contributed by atoms with Crippen LogP contribution in [0.3, 0.4) is 0 Å². The number of hydrogen-bond acceptors (Lipinski definition) is 2. The molecule has 0 saturated heterocycles. The van der Waals surface area contributed by atoms with E-state index >= 15 is 0 Å². The minimum Gasteiger partial charge on any atom is -0.332 e. The molecule has 0 bridgehead atoms. The maximum absolute atomic E-state index is 13.3. The van der Waals surface area contributed by atoms with Crippen molar-refractivity contribution in [2.45, 2.75) is 12.8 Å². The Hall–Kier alpha value is -3.44. The van der Waals surface area contributed by atoms with Gasteiger partial charge in [-0.05, 0) is 54.3 Å². The van der Waals surface area contributed by atoms with Gasteiger partial charge in [0.05, 0.1) is 25.5 Å². The molecule has 2 amide bonds. The van der Waals surface area contributed by atoms with Crippen LogP contribution < -0.4 is 15.1 Å². The van der Waals surface area contributed by atoms with Crippen molar-refractivity contribution in [1.82, 2.24) is 0 Å². The first-order valence-corrected chi connectivity index (χ1v) is 10.2. The number of benzene rings is 3. The summed E-state index contributed by atoms with van der Waals surface area (Å²) in [4.78, 5) is 28.8. The molecule has 4 rings (SSSR count). The number of quaternary nitrogens is 1. The highest BCUT2D eigenvalue weighted by Gasteiger charge is 2.27. The summed E-state index contributed by atoms with van der Waals surface area (Å²) in [6.07, 6.45) is 1.72. The van der Waals surface area contributed by atoms with E-state index in [1.165, 1.54) is 0 Å². The van der Waals surface area contributed by atoms with Gasteiger partial charge in [-0.25, -0.2) is 0 Å². The molecular weight excluding hydrogens is 374 g/mol. The van der Waals surface area contributed by atoms with Crippen LogP contribution in [0.4, 0.5) is 17.1 Å². The van der Waals surface area contributed by atoms with Crippen LogP contribution in [0.25, 0.3) is 0 Å². The van der Waals surface area contributed by atoms with E-state index in [9.17, 15) is 9.59 Å². The third-order valence-electron chi connectivity index (χ3n) is 5.27. The van der Waals surface area contributed by atoms with E-state index < -0.39 is 0 Å². The summed E-state index contributed by atoms with van der Waals surface area (Å²) in [6, 6.07) is 23.0. The lowest BCUT2D eigenvalue weighted by Gasteiger charge is -2.26. The summed E-state index contributed by atoms with van der Waals surface area (Å²) in [7, 11) is 3.94. The molecule has 3 aromatic carbocycles. The molecule has 5 nitrogen and oxygen atoms in total. The first-order chi connectivity index (χ1) is 14.5. The Morgan fingerprint density at radius 1 is 0.867 bits per heavy atom. The van der Waals surface area contributed by atoms with Gasteiger partial charge in [-0.3, -0.25) is 14.5 Å². The number of carbonyl (C=O) groups is 2. The van der Waals surface area contributed by atoms with Crippen molar-refractivity contribution in [3.05, 3.63) is 89.5 Å². The molecule has 0 aromatic heterocycles. The molecule has 0 unspecified atom stereocenters. The van der Waals surface area contributed by atoms with Gasteiger partial charge in [0.25, 0.3) is 11.8 Å². The molecule has 0 atom stereocenters. The zero-order valence-corrected chi connectivity index (χ0v) is 17.3. The summed E-state index contributed by atoms with van der Waals surface area (Å²) in [5.74, 6) is -0.127. The van der Waals surface area contributed by atoms with Crippen molar-refractivity contribution in [1.29, 1.82) is 0 Å². The molecule has 0 saturated carbocycles. The maximum Gasteiger partial charge on any atom is 0.286 e. The zero-order chi connectivity index (χ0) is 21.1. The van der Waals surface area contributed by atoms with E-state index in [2.05, 4.69) is 11.4 Å². The largest absolute Gasteiger partial charge is 0.332 e. The van der Waals surface area contributed by atoms with Gasteiger partial charge in [-0.15, -0.1) is 0 Å². The third kappa shape index (κ3) is 4.11. The Balaban J connectivity index is 1.73. The lowest BCUT2D eigenvalue weighted by atomic mass is 10.0. The monoisotopic (exact) mass is 400 g/mol. The normalized spacial score (nSPS) is 12.7. The van der Waals surface area contributed by atoms with Crippen molar-refractivity contribution < 1.29 is 14.5 Å². The molecule has 0 radical (unpaired) electrons. The molecule has 1 aliphatic heterocycles. The number of para-hydroxylation sites is 1. The fourth-order valence-electron chi connectivity index (χ4n) is 3.84. The first kappa shape index (κ1) is 19.9. The van der Waals surface area contributed by atoms with Crippen molar-refractivity contribution in [3.63, 3.8) is 0 Å². The molecule has 0 aliphatic carbocycles. The summed E-state index contributed by atoms with van der Waals surface area (Å²) in [5, 5.41) is 2.97. The average molecular weight is 401 g/mol. The van der Waals surface area contributed by atoms with Crippen LogP contribution in [-0.2, 0) is 17.6 Å². The Kier molecular flexibility index (Phi) is 5.63. The van der Waals surface area contributed by atoms with E-state index in [1.807, 2.05) is 73.6 Å². The van der Waals surface area contributed by atoms with Gasteiger partial charge in [-0.1, -0.05) is 42.5 Å². The van der Waals surface area contributed by atoms with Crippen molar-refractivity contribution in [3.8, 4) is 0 Å². The van der Waals surface area contributed by atoms with Gasteiger partial charge in [0.2, 0.25) is 0 Å². The van der Waals surface area contributed by atoms with Gasteiger partial charge in [-0.2, -0.15) is 0 Å². The fourth-order valence-corrected chi connectivity index (χ4v) is 3.84. The van der Waals surface area contributed by atoms with E-state index in [-0.39, 0.29) is 11.8 Å². The Morgan fingerprint density at radius 3 is 2.27 bits per heavy atom. The molecule has 1 heterocycles. The van der Waals surface area contributed by atoms with E-state index in [1.54, 1.807) is 12.1 Å². The molecule has 3 aromatic rings. The number of aryl methyl sites for hydroxylation is 2. The number of nitrogens with one attached hydrogen (secondary N) is 2. The van der Waals surface area contributed by atoms with Gasteiger partial charge >= 0.3 is 0 Å². The lowest BCUT2D eigenvalue weighted by molar-refractivity contribution is -0.849. The summed E-state index contributed by atoms with van der Waals surface area (Å²) in [6.45, 7) is 0.383.